The van der Waals surface area contributed by atoms with E-state index in [1.165, 1.54) is 12.8 Å². The molecule has 0 aromatic heterocycles. The smallest absolute Gasteiger partial charge is 0.0543 e. The topological polar surface area (TPSA) is 9.23 Å². The molecule has 1 heteroatoms. The van der Waals surface area contributed by atoms with Crippen LogP contribution in [0.15, 0.2) is 0 Å². The van der Waals surface area contributed by atoms with Gasteiger partial charge in [-0.15, -0.1) is 0 Å². The SMILES string of the molecule is COC(C)CCC(C)(C)C. The fraction of sp³-hybridized carbons (Fsp3) is 1.00. The van der Waals surface area contributed by atoms with Crippen molar-refractivity contribution in [1.82, 2.24) is 0 Å². The van der Waals surface area contributed by atoms with Crippen molar-refractivity contribution in [2.24, 2.45) is 5.41 Å². The molecule has 1 atom stereocenters. The maximum atomic E-state index is 5.15. The molecule has 10 heavy (non-hydrogen) atoms. The van der Waals surface area contributed by atoms with Gasteiger partial charge in [0.1, 0.15) is 0 Å². The van der Waals surface area contributed by atoms with Crippen molar-refractivity contribution in [3.8, 4) is 0 Å². The average molecular weight is 144 g/mol. The van der Waals surface area contributed by atoms with E-state index in [9.17, 15) is 0 Å². The van der Waals surface area contributed by atoms with Gasteiger partial charge in [0.15, 0.2) is 0 Å². The van der Waals surface area contributed by atoms with Crippen molar-refractivity contribution in [3.63, 3.8) is 0 Å². The first-order valence-corrected chi connectivity index (χ1v) is 3.98. The standard InChI is InChI=1S/C9H20O/c1-8(10-5)6-7-9(2,3)4/h8H,6-7H2,1-5H3. The highest BCUT2D eigenvalue weighted by molar-refractivity contribution is 4.63. The minimum absolute atomic E-state index is 0.416. The lowest BCUT2D eigenvalue weighted by molar-refractivity contribution is 0.0990. The number of hydrogen-bond donors (Lipinski definition) is 0. The zero-order valence-corrected chi connectivity index (χ0v) is 7.90. The molecule has 0 amide bonds. The molecular weight excluding hydrogens is 124 g/mol. The van der Waals surface area contributed by atoms with E-state index in [0.29, 0.717) is 11.5 Å². The lowest BCUT2D eigenvalue weighted by atomic mass is 9.89. The van der Waals surface area contributed by atoms with Gasteiger partial charge in [-0.25, -0.2) is 0 Å². The van der Waals surface area contributed by atoms with E-state index in [1.807, 2.05) is 0 Å². The van der Waals surface area contributed by atoms with Gasteiger partial charge < -0.3 is 4.74 Å². The molecule has 0 saturated carbocycles. The van der Waals surface area contributed by atoms with Gasteiger partial charge in [0.05, 0.1) is 6.10 Å². The van der Waals surface area contributed by atoms with Crippen molar-refractivity contribution >= 4 is 0 Å². The quantitative estimate of drug-likeness (QED) is 0.592. The Kier molecular flexibility index (Phi) is 3.95. The van der Waals surface area contributed by atoms with Gasteiger partial charge in [-0.05, 0) is 25.2 Å². The van der Waals surface area contributed by atoms with Crippen LogP contribution in [0.4, 0.5) is 0 Å². The molecule has 0 saturated heterocycles. The first kappa shape index (κ1) is 9.96. The predicted molar refractivity (Wildman–Crippen MR) is 45.2 cm³/mol. The van der Waals surface area contributed by atoms with Crippen LogP contribution in [0.2, 0.25) is 0 Å². The summed E-state index contributed by atoms with van der Waals surface area (Å²) in [5, 5.41) is 0. The molecule has 0 N–H and O–H groups in total. The summed E-state index contributed by atoms with van der Waals surface area (Å²) < 4.78 is 5.15. The summed E-state index contributed by atoms with van der Waals surface area (Å²) in [5.41, 5.74) is 0.451. The molecule has 0 rings (SSSR count). The molecule has 62 valence electrons. The van der Waals surface area contributed by atoms with Crippen LogP contribution in [0.3, 0.4) is 0 Å². The van der Waals surface area contributed by atoms with Crippen LogP contribution in [0, 0.1) is 5.41 Å². The third-order valence-electron chi connectivity index (χ3n) is 1.70. The number of rotatable bonds is 3. The summed E-state index contributed by atoms with van der Waals surface area (Å²) in [4.78, 5) is 0. The van der Waals surface area contributed by atoms with Crippen LogP contribution < -0.4 is 0 Å². The second-order valence-electron chi connectivity index (χ2n) is 4.15. The Balaban J connectivity index is 3.36. The van der Waals surface area contributed by atoms with Crippen LogP contribution in [0.1, 0.15) is 40.5 Å². The molecule has 0 radical (unpaired) electrons. The summed E-state index contributed by atoms with van der Waals surface area (Å²) in [7, 11) is 1.77. The molecule has 0 heterocycles. The fourth-order valence-electron chi connectivity index (χ4n) is 0.754. The molecule has 0 aliphatic rings. The van der Waals surface area contributed by atoms with E-state index in [0.717, 1.165) is 0 Å². The Bertz CT molecular complexity index is 81.2. The molecular formula is C9H20O. The van der Waals surface area contributed by atoms with Crippen molar-refractivity contribution in [2.75, 3.05) is 7.11 Å². The van der Waals surface area contributed by atoms with Crippen molar-refractivity contribution in [2.45, 2.75) is 46.6 Å². The van der Waals surface area contributed by atoms with Crippen LogP contribution in [0.5, 0.6) is 0 Å². The van der Waals surface area contributed by atoms with Crippen molar-refractivity contribution in [1.29, 1.82) is 0 Å². The van der Waals surface area contributed by atoms with Crippen LogP contribution in [-0.4, -0.2) is 13.2 Å². The summed E-state index contributed by atoms with van der Waals surface area (Å²) in [6.45, 7) is 8.89. The Morgan fingerprint density at radius 2 is 1.80 bits per heavy atom. The number of ether oxygens (including phenoxy) is 1. The maximum Gasteiger partial charge on any atom is 0.0543 e. The van der Waals surface area contributed by atoms with Gasteiger partial charge in [-0.1, -0.05) is 20.8 Å². The Labute approximate surface area is 64.8 Å². The first-order chi connectivity index (χ1) is 4.45. The zero-order valence-electron chi connectivity index (χ0n) is 7.90. The van der Waals surface area contributed by atoms with Crippen LogP contribution in [0.25, 0.3) is 0 Å². The molecule has 0 aliphatic heterocycles. The molecule has 0 aromatic rings. The lowest BCUT2D eigenvalue weighted by Crippen LogP contribution is -2.11. The van der Waals surface area contributed by atoms with Gasteiger partial charge in [-0.2, -0.15) is 0 Å². The number of hydrogen-bond acceptors (Lipinski definition) is 1. The number of methoxy groups -OCH3 is 1. The van der Waals surface area contributed by atoms with E-state index in [1.54, 1.807) is 7.11 Å². The van der Waals surface area contributed by atoms with Crippen LogP contribution in [-0.2, 0) is 4.74 Å². The summed E-state index contributed by atoms with van der Waals surface area (Å²) in [6, 6.07) is 0. The molecule has 0 aromatic carbocycles. The third kappa shape index (κ3) is 6.09. The monoisotopic (exact) mass is 144 g/mol. The van der Waals surface area contributed by atoms with Gasteiger partial charge in [-0.3, -0.25) is 0 Å². The molecule has 0 aliphatic carbocycles. The highest BCUT2D eigenvalue weighted by atomic mass is 16.5. The second-order valence-corrected chi connectivity index (χ2v) is 4.15. The second kappa shape index (κ2) is 3.97. The van der Waals surface area contributed by atoms with E-state index in [2.05, 4.69) is 27.7 Å². The average Bonchev–Trinajstić information content (AvgIpc) is 1.81. The van der Waals surface area contributed by atoms with E-state index >= 15 is 0 Å². The molecule has 1 unspecified atom stereocenters. The van der Waals surface area contributed by atoms with Gasteiger partial charge in [0, 0.05) is 7.11 Å². The normalized spacial score (nSPS) is 15.3. The maximum absolute atomic E-state index is 5.15. The van der Waals surface area contributed by atoms with E-state index < -0.39 is 0 Å². The summed E-state index contributed by atoms with van der Waals surface area (Å²) >= 11 is 0. The molecule has 0 fully saturated rings. The van der Waals surface area contributed by atoms with E-state index in [-0.39, 0.29) is 0 Å². The molecule has 1 nitrogen and oxygen atoms in total. The van der Waals surface area contributed by atoms with Gasteiger partial charge >= 0.3 is 0 Å². The van der Waals surface area contributed by atoms with Crippen LogP contribution >= 0.6 is 0 Å². The van der Waals surface area contributed by atoms with Gasteiger partial charge in [0.25, 0.3) is 0 Å². The zero-order chi connectivity index (χ0) is 8.20. The van der Waals surface area contributed by atoms with Crippen molar-refractivity contribution < 1.29 is 4.74 Å². The van der Waals surface area contributed by atoms with Crippen molar-refractivity contribution in [3.05, 3.63) is 0 Å². The Hall–Kier alpha value is -0.0400. The minimum atomic E-state index is 0.416. The third-order valence-corrected chi connectivity index (χ3v) is 1.70. The summed E-state index contributed by atoms with van der Waals surface area (Å²) in [6.07, 6.45) is 2.82. The van der Waals surface area contributed by atoms with Gasteiger partial charge in [0.2, 0.25) is 0 Å². The Morgan fingerprint density at radius 1 is 1.30 bits per heavy atom. The Morgan fingerprint density at radius 3 is 2.10 bits per heavy atom. The lowest BCUT2D eigenvalue weighted by Gasteiger charge is -2.19. The minimum Gasteiger partial charge on any atom is -0.382 e. The highest BCUT2D eigenvalue weighted by Crippen LogP contribution is 2.21. The largest absolute Gasteiger partial charge is 0.382 e. The first-order valence-electron chi connectivity index (χ1n) is 3.98. The molecule has 0 bridgehead atoms. The summed E-state index contributed by atoms with van der Waals surface area (Å²) in [5.74, 6) is 0. The van der Waals surface area contributed by atoms with E-state index in [4.69, 9.17) is 4.74 Å². The fourth-order valence-corrected chi connectivity index (χ4v) is 0.754. The highest BCUT2D eigenvalue weighted by Gasteiger charge is 2.11. The molecule has 0 spiro atoms. The predicted octanol–water partition coefficient (Wildman–Crippen LogP) is 2.85.